The third kappa shape index (κ3) is 6.52. The lowest BCUT2D eigenvalue weighted by Gasteiger charge is -2.09. The quantitative estimate of drug-likeness (QED) is 0.415. The predicted molar refractivity (Wildman–Crippen MR) is 105 cm³/mol. The molecule has 0 aromatic heterocycles. The highest BCUT2D eigenvalue weighted by Gasteiger charge is 2.06. The molecule has 2 amide bonds. The summed E-state index contributed by atoms with van der Waals surface area (Å²) in [4.78, 5) is 22.7. The monoisotopic (exact) mass is 386 g/mol. The van der Waals surface area contributed by atoms with Crippen molar-refractivity contribution >= 4 is 23.7 Å². The van der Waals surface area contributed by atoms with E-state index in [9.17, 15) is 9.59 Å². The van der Waals surface area contributed by atoms with Crippen molar-refractivity contribution < 1.29 is 23.8 Å². The van der Waals surface area contributed by atoms with Crippen LogP contribution in [0.5, 0.6) is 17.2 Å². The van der Waals surface area contributed by atoms with E-state index in [0.717, 1.165) is 11.4 Å². The van der Waals surface area contributed by atoms with Gasteiger partial charge in [0.25, 0.3) is 11.8 Å². The maximum Gasteiger partial charge on any atom is 0.259 e. The Kier molecular flexibility index (Phi) is 7.64. The zero-order chi connectivity index (χ0) is 20.4. The molecule has 2 aromatic rings. The standard InChI is InChI=1S/C19H22N4O5/c1-26-15-6-4-14(5-7-15)21-11-19(25)23-22-10-13-3-8-16(17(9-13)27-2)28-12-18(20)24/h3-10,21H,11-12H2,1-2H3,(H2,20,24)(H,23,25)/b22-10+. The summed E-state index contributed by atoms with van der Waals surface area (Å²) in [6, 6.07) is 12.2. The molecular formula is C19H22N4O5. The Bertz CT molecular complexity index is 837. The Hall–Kier alpha value is -3.75. The highest BCUT2D eigenvalue weighted by Crippen LogP contribution is 2.27. The number of ether oxygens (including phenoxy) is 3. The summed E-state index contributed by atoms with van der Waals surface area (Å²) in [6.45, 7) is -0.187. The molecule has 0 unspecified atom stereocenters. The van der Waals surface area contributed by atoms with E-state index in [1.54, 1.807) is 37.4 Å². The van der Waals surface area contributed by atoms with Gasteiger partial charge in [-0.15, -0.1) is 0 Å². The number of nitrogens with two attached hydrogens (primary N) is 1. The van der Waals surface area contributed by atoms with Gasteiger partial charge in [0.15, 0.2) is 18.1 Å². The summed E-state index contributed by atoms with van der Waals surface area (Å²) in [6.07, 6.45) is 1.46. The first-order valence-corrected chi connectivity index (χ1v) is 8.31. The molecule has 9 heteroatoms. The van der Waals surface area contributed by atoms with Crippen molar-refractivity contribution in [1.29, 1.82) is 0 Å². The van der Waals surface area contributed by atoms with Crippen LogP contribution in [0.2, 0.25) is 0 Å². The Labute approximate surface area is 162 Å². The van der Waals surface area contributed by atoms with Crippen molar-refractivity contribution in [3.63, 3.8) is 0 Å². The van der Waals surface area contributed by atoms with Gasteiger partial charge in [0.1, 0.15) is 5.75 Å². The first-order chi connectivity index (χ1) is 13.5. The van der Waals surface area contributed by atoms with Crippen molar-refractivity contribution in [2.75, 3.05) is 32.7 Å². The molecule has 9 nitrogen and oxygen atoms in total. The molecule has 0 fully saturated rings. The van der Waals surface area contributed by atoms with Gasteiger partial charge in [-0.05, 0) is 48.0 Å². The number of rotatable bonds is 10. The van der Waals surface area contributed by atoms with Gasteiger partial charge >= 0.3 is 0 Å². The number of hydrogen-bond donors (Lipinski definition) is 3. The Morgan fingerprint density at radius 2 is 1.82 bits per heavy atom. The van der Waals surface area contributed by atoms with Crippen molar-refractivity contribution in [2.24, 2.45) is 10.8 Å². The van der Waals surface area contributed by atoms with Gasteiger partial charge in [0, 0.05) is 5.69 Å². The minimum atomic E-state index is -0.585. The summed E-state index contributed by atoms with van der Waals surface area (Å²) < 4.78 is 15.5. The summed E-state index contributed by atoms with van der Waals surface area (Å²) >= 11 is 0. The number of carbonyl (C=O) groups excluding carboxylic acids is 2. The first-order valence-electron chi connectivity index (χ1n) is 8.31. The topological polar surface area (TPSA) is 124 Å². The van der Waals surface area contributed by atoms with Crippen LogP contribution in [0.1, 0.15) is 5.56 Å². The molecule has 0 aliphatic carbocycles. The van der Waals surface area contributed by atoms with Crippen LogP contribution in [0.4, 0.5) is 5.69 Å². The Balaban J connectivity index is 1.85. The van der Waals surface area contributed by atoms with Gasteiger partial charge in [0.05, 0.1) is 27.0 Å². The fraction of sp³-hybridized carbons (Fsp3) is 0.211. The van der Waals surface area contributed by atoms with Crippen molar-refractivity contribution in [1.82, 2.24) is 5.43 Å². The number of hydrogen-bond acceptors (Lipinski definition) is 7. The Morgan fingerprint density at radius 1 is 1.07 bits per heavy atom. The third-order valence-electron chi connectivity index (χ3n) is 3.50. The van der Waals surface area contributed by atoms with Gasteiger partial charge in [-0.1, -0.05) is 0 Å². The van der Waals surface area contributed by atoms with Crippen LogP contribution in [0.15, 0.2) is 47.6 Å². The highest BCUT2D eigenvalue weighted by molar-refractivity contribution is 5.85. The molecule has 0 spiro atoms. The summed E-state index contributed by atoms with van der Waals surface area (Å²) in [5, 5.41) is 6.88. The highest BCUT2D eigenvalue weighted by atomic mass is 16.5. The van der Waals surface area contributed by atoms with E-state index in [2.05, 4.69) is 15.8 Å². The number of amides is 2. The van der Waals surface area contributed by atoms with Crippen LogP contribution in [0.25, 0.3) is 0 Å². The normalized spacial score (nSPS) is 10.4. The lowest BCUT2D eigenvalue weighted by Crippen LogP contribution is -2.25. The van der Waals surface area contributed by atoms with Gasteiger partial charge in [0.2, 0.25) is 0 Å². The molecule has 2 aromatic carbocycles. The maximum atomic E-state index is 11.9. The fourth-order valence-electron chi connectivity index (χ4n) is 2.14. The number of hydrazone groups is 1. The number of primary amides is 1. The Morgan fingerprint density at radius 3 is 2.46 bits per heavy atom. The van der Waals surface area contributed by atoms with E-state index in [0.29, 0.717) is 17.1 Å². The second-order valence-corrected chi connectivity index (χ2v) is 5.54. The molecular weight excluding hydrogens is 364 g/mol. The van der Waals surface area contributed by atoms with E-state index in [-0.39, 0.29) is 19.1 Å². The predicted octanol–water partition coefficient (Wildman–Crippen LogP) is 1.13. The molecule has 0 aliphatic heterocycles. The smallest absolute Gasteiger partial charge is 0.259 e. The molecule has 148 valence electrons. The van der Waals surface area contributed by atoms with Crippen molar-refractivity contribution in [2.45, 2.75) is 0 Å². The summed E-state index contributed by atoms with van der Waals surface area (Å²) in [5.41, 5.74) is 8.94. The molecule has 4 N–H and O–H groups in total. The lowest BCUT2D eigenvalue weighted by molar-refractivity contribution is -0.120. The largest absolute Gasteiger partial charge is 0.497 e. The fourth-order valence-corrected chi connectivity index (χ4v) is 2.14. The van der Waals surface area contributed by atoms with Gasteiger partial charge < -0.3 is 25.3 Å². The third-order valence-corrected chi connectivity index (χ3v) is 3.50. The number of nitrogens with zero attached hydrogens (tertiary/aromatic N) is 1. The van der Waals surface area contributed by atoms with E-state index in [1.165, 1.54) is 13.3 Å². The average molecular weight is 386 g/mol. The number of nitrogens with one attached hydrogen (secondary N) is 2. The molecule has 0 saturated carbocycles. The molecule has 0 aliphatic rings. The minimum absolute atomic E-state index is 0.0624. The molecule has 0 radical (unpaired) electrons. The van der Waals surface area contributed by atoms with Gasteiger partial charge in [-0.25, -0.2) is 5.43 Å². The van der Waals surface area contributed by atoms with Gasteiger partial charge in [-0.2, -0.15) is 5.10 Å². The van der Waals surface area contributed by atoms with E-state index < -0.39 is 5.91 Å². The molecule has 0 saturated heterocycles. The maximum absolute atomic E-state index is 11.9. The molecule has 28 heavy (non-hydrogen) atoms. The zero-order valence-corrected chi connectivity index (χ0v) is 15.6. The average Bonchev–Trinajstić information content (AvgIpc) is 2.71. The SMILES string of the molecule is COc1ccc(NCC(=O)N/N=C/c2ccc(OCC(N)=O)c(OC)c2)cc1. The van der Waals surface area contributed by atoms with Crippen molar-refractivity contribution in [3.05, 3.63) is 48.0 Å². The van der Waals surface area contributed by atoms with Crippen LogP contribution in [-0.2, 0) is 9.59 Å². The number of methoxy groups -OCH3 is 2. The number of benzene rings is 2. The first kappa shape index (κ1) is 20.6. The minimum Gasteiger partial charge on any atom is -0.497 e. The van der Waals surface area contributed by atoms with Crippen LogP contribution in [0.3, 0.4) is 0 Å². The second kappa shape index (κ2) is 10.4. The summed E-state index contributed by atoms with van der Waals surface area (Å²) in [5.74, 6) is 0.643. The van der Waals surface area contributed by atoms with E-state index in [1.807, 2.05) is 12.1 Å². The van der Waals surface area contributed by atoms with Crippen LogP contribution in [0, 0.1) is 0 Å². The van der Waals surface area contributed by atoms with Gasteiger partial charge in [-0.3, -0.25) is 9.59 Å². The van der Waals surface area contributed by atoms with E-state index in [4.69, 9.17) is 19.9 Å². The molecule has 0 heterocycles. The van der Waals surface area contributed by atoms with Crippen molar-refractivity contribution in [3.8, 4) is 17.2 Å². The van der Waals surface area contributed by atoms with E-state index >= 15 is 0 Å². The van der Waals surface area contributed by atoms with Crippen LogP contribution < -0.4 is 30.7 Å². The molecule has 0 bridgehead atoms. The van der Waals surface area contributed by atoms with Crippen LogP contribution in [-0.4, -0.2) is 45.4 Å². The zero-order valence-electron chi connectivity index (χ0n) is 15.6. The molecule has 0 atom stereocenters. The number of anilines is 1. The molecule has 2 rings (SSSR count). The van der Waals surface area contributed by atoms with Crippen LogP contribution >= 0.6 is 0 Å². The number of carbonyl (C=O) groups is 2. The second-order valence-electron chi connectivity index (χ2n) is 5.54. The lowest BCUT2D eigenvalue weighted by atomic mass is 10.2. The summed E-state index contributed by atoms with van der Waals surface area (Å²) in [7, 11) is 3.06.